The van der Waals surface area contributed by atoms with Crippen LogP contribution in [-0.4, -0.2) is 31.2 Å². The lowest BCUT2D eigenvalue weighted by molar-refractivity contribution is -0.119. The van der Waals surface area contributed by atoms with Crippen LogP contribution in [0.25, 0.3) is 0 Å². The molecule has 5 rings (SSSR count). The molecule has 4 aliphatic carbocycles. The third kappa shape index (κ3) is 3.46. The summed E-state index contributed by atoms with van der Waals surface area (Å²) in [6.07, 6.45) is 10.1. The van der Waals surface area contributed by atoms with E-state index in [9.17, 15) is 4.79 Å². The number of carbonyl (C=O) groups is 1. The highest BCUT2D eigenvalue weighted by molar-refractivity contribution is 8.01. The molecule has 0 aromatic carbocycles. The van der Waals surface area contributed by atoms with E-state index in [-0.39, 0.29) is 11.9 Å². The molecule has 6 heteroatoms. The largest absolute Gasteiger partial charge is 0.346 e. The molecule has 0 radical (unpaired) electrons. The third-order valence-corrected chi connectivity index (χ3v) is 7.93. The Labute approximate surface area is 154 Å². The van der Waals surface area contributed by atoms with Crippen molar-refractivity contribution in [2.24, 2.45) is 17.8 Å². The second-order valence-corrected chi connectivity index (χ2v) is 10.3. The zero-order chi connectivity index (χ0) is 17.6. The van der Waals surface area contributed by atoms with E-state index in [4.69, 9.17) is 0 Å². The van der Waals surface area contributed by atoms with Gasteiger partial charge in [0.05, 0.1) is 11.8 Å². The summed E-state index contributed by atoms with van der Waals surface area (Å²) < 4.78 is 2.42. The maximum Gasteiger partial charge on any atom is 0.230 e. The van der Waals surface area contributed by atoms with E-state index in [0.717, 1.165) is 23.6 Å². The SMILES string of the molecule is CC(C)n1cnnc1[C@H](C)NC(=O)CSC12CC3CC(CC(C3)C1)C2. The molecule has 1 N–H and O–H groups in total. The van der Waals surface area contributed by atoms with Gasteiger partial charge in [-0.2, -0.15) is 0 Å². The fourth-order valence-corrected chi connectivity index (χ4v) is 7.32. The average Bonchev–Trinajstić information content (AvgIpc) is 3.02. The molecular formula is C19H30N4OS. The number of amides is 1. The molecule has 4 aliphatic rings. The van der Waals surface area contributed by atoms with Crippen LogP contribution >= 0.6 is 11.8 Å². The van der Waals surface area contributed by atoms with Gasteiger partial charge in [-0.15, -0.1) is 22.0 Å². The normalized spacial score (nSPS) is 34.5. The smallest absolute Gasteiger partial charge is 0.230 e. The first-order chi connectivity index (χ1) is 11.9. The summed E-state index contributed by atoms with van der Waals surface area (Å²) in [6.45, 7) is 6.20. The van der Waals surface area contributed by atoms with Gasteiger partial charge in [-0.05, 0) is 77.0 Å². The lowest BCUT2D eigenvalue weighted by Gasteiger charge is -2.56. The molecule has 4 bridgehead atoms. The van der Waals surface area contributed by atoms with Gasteiger partial charge in [-0.3, -0.25) is 4.79 Å². The Morgan fingerprint density at radius 2 is 1.84 bits per heavy atom. The predicted octanol–water partition coefficient (Wildman–Crippen LogP) is 3.74. The topological polar surface area (TPSA) is 59.8 Å². The average molecular weight is 363 g/mol. The Morgan fingerprint density at radius 1 is 1.24 bits per heavy atom. The van der Waals surface area contributed by atoms with Crippen molar-refractivity contribution >= 4 is 17.7 Å². The molecule has 4 saturated carbocycles. The number of nitrogens with zero attached hydrogens (tertiary/aromatic N) is 3. The second kappa shape index (κ2) is 6.60. The summed E-state index contributed by atoms with van der Waals surface area (Å²) >= 11 is 1.94. The third-order valence-electron chi connectivity index (χ3n) is 6.41. The van der Waals surface area contributed by atoms with Crippen molar-refractivity contribution in [1.82, 2.24) is 20.1 Å². The number of aromatic nitrogens is 3. The van der Waals surface area contributed by atoms with Crippen LogP contribution in [-0.2, 0) is 4.79 Å². The van der Waals surface area contributed by atoms with Crippen molar-refractivity contribution in [2.75, 3.05) is 5.75 Å². The highest BCUT2D eigenvalue weighted by Gasteiger charge is 2.51. The molecule has 1 heterocycles. The molecule has 25 heavy (non-hydrogen) atoms. The first-order valence-electron chi connectivity index (χ1n) is 9.77. The number of hydrogen-bond donors (Lipinski definition) is 1. The van der Waals surface area contributed by atoms with Crippen LogP contribution in [0.1, 0.15) is 77.2 Å². The summed E-state index contributed by atoms with van der Waals surface area (Å²) in [6, 6.07) is 0.195. The molecule has 0 aliphatic heterocycles. The first-order valence-corrected chi connectivity index (χ1v) is 10.8. The van der Waals surface area contributed by atoms with Gasteiger partial charge < -0.3 is 9.88 Å². The summed E-state index contributed by atoms with van der Waals surface area (Å²) in [5, 5.41) is 11.3. The van der Waals surface area contributed by atoms with Gasteiger partial charge >= 0.3 is 0 Å². The predicted molar refractivity (Wildman–Crippen MR) is 100 cm³/mol. The highest BCUT2D eigenvalue weighted by atomic mass is 32.2. The maximum atomic E-state index is 12.5. The summed E-state index contributed by atoms with van der Waals surface area (Å²) in [5.41, 5.74) is 0. The van der Waals surface area contributed by atoms with Crippen molar-refractivity contribution < 1.29 is 4.79 Å². The quantitative estimate of drug-likeness (QED) is 0.837. The van der Waals surface area contributed by atoms with Gasteiger partial charge in [0.15, 0.2) is 5.82 Å². The Balaban J connectivity index is 1.33. The Kier molecular flexibility index (Phi) is 4.59. The molecule has 1 amide bonds. The zero-order valence-electron chi connectivity index (χ0n) is 15.6. The van der Waals surface area contributed by atoms with Crippen molar-refractivity contribution in [2.45, 2.75) is 76.1 Å². The molecule has 4 fully saturated rings. The van der Waals surface area contributed by atoms with Crippen molar-refractivity contribution in [3.05, 3.63) is 12.2 Å². The molecule has 1 aromatic heterocycles. The summed E-state index contributed by atoms with van der Waals surface area (Å²) in [5.74, 6) is 4.35. The van der Waals surface area contributed by atoms with E-state index >= 15 is 0 Å². The fourth-order valence-electron chi connectivity index (χ4n) is 5.73. The van der Waals surface area contributed by atoms with Gasteiger partial charge in [-0.1, -0.05) is 0 Å². The standard InChI is InChI=1S/C19H30N4OS/c1-12(2)23-11-20-22-18(23)13(3)21-17(24)10-25-19-7-14-4-15(8-19)6-16(5-14)9-19/h11-16H,4-10H2,1-3H3,(H,21,24)/t13-,14?,15?,16?,19?/m0/s1. The number of thioether (sulfide) groups is 1. The maximum absolute atomic E-state index is 12.5. The van der Waals surface area contributed by atoms with Gasteiger partial charge in [0, 0.05) is 10.8 Å². The molecule has 0 saturated heterocycles. The summed E-state index contributed by atoms with van der Waals surface area (Å²) in [4.78, 5) is 12.5. The van der Waals surface area contributed by atoms with Gasteiger partial charge in [0.2, 0.25) is 5.91 Å². The van der Waals surface area contributed by atoms with Crippen LogP contribution in [0.5, 0.6) is 0 Å². The minimum Gasteiger partial charge on any atom is -0.346 e. The second-order valence-electron chi connectivity index (χ2n) is 8.87. The van der Waals surface area contributed by atoms with Crippen LogP contribution in [0, 0.1) is 17.8 Å². The molecule has 0 unspecified atom stereocenters. The Bertz CT molecular complexity index is 606. The zero-order valence-corrected chi connectivity index (χ0v) is 16.4. The van der Waals surface area contributed by atoms with E-state index < -0.39 is 0 Å². The monoisotopic (exact) mass is 362 g/mol. The first kappa shape index (κ1) is 17.4. The minimum absolute atomic E-state index is 0.102. The molecule has 5 nitrogen and oxygen atoms in total. The van der Waals surface area contributed by atoms with Crippen molar-refractivity contribution in [1.29, 1.82) is 0 Å². The van der Waals surface area contributed by atoms with Crippen molar-refractivity contribution in [3.63, 3.8) is 0 Å². The molecule has 1 aromatic rings. The summed E-state index contributed by atoms with van der Waals surface area (Å²) in [7, 11) is 0. The van der Waals surface area contributed by atoms with Crippen molar-refractivity contribution in [3.8, 4) is 0 Å². The number of carbonyl (C=O) groups excluding carboxylic acids is 1. The van der Waals surface area contributed by atoms with E-state index in [1.165, 1.54) is 38.5 Å². The number of nitrogens with one attached hydrogen (secondary N) is 1. The van der Waals surface area contributed by atoms with Gasteiger partial charge in [0.1, 0.15) is 6.33 Å². The highest BCUT2D eigenvalue weighted by Crippen LogP contribution is 2.60. The van der Waals surface area contributed by atoms with Crippen LogP contribution in [0.2, 0.25) is 0 Å². The van der Waals surface area contributed by atoms with Crippen LogP contribution in [0.4, 0.5) is 0 Å². The Morgan fingerprint density at radius 3 is 2.40 bits per heavy atom. The van der Waals surface area contributed by atoms with E-state index in [1.807, 2.05) is 23.3 Å². The van der Waals surface area contributed by atoms with Gasteiger partial charge in [0.25, 0.3) is 0 Å². The van der Waals surface area contributed by atoms with E-state index in [2.05, 4.69) is 29.4 Å². The number of rotatable bonds is 6. The lowest BCUT2D eigenvalue weighted by Crippen LogP contribution is -2.49. The van der Waals surface area contributed by atoms with Crippen LogP contribution < -0.4 is 5.32 Å². The van der Waals surface area contributed by atoms with E-state index in [0.29, 0.717) is 16.5 Å². The lowest BCUT2D eigenvalue weighted by atomic mass is 9.56. The molecular weight excluding hydrogens is 332 g/mol. The molecule has 1 atom stereocenters. The van der Waals surface area contributed by atoms with E-state index in [1.54, 1.807) is 6.33 Å². The van der Waals surface area contributed by atoms with Crippen LogP contribution in [0.3, 0.4) is 0 Å². The Hall–Kier alpha value is -1.04. The van der Waals surface area contributed by atoms with Gasteiger partial charge in [-0.25, -0.2) is 0 Å². The molecule has 0 spiro atoms. The molecule has 138 valence electrons. The minimum atomic E-state index is -0.102. The fraction of sp³-hybridized carbons (Fsp3) is 0.842. The number of hydrogen-bond acceptors (Lipinski definition) is 4. The van der Waals surface area contributed by atoms with Crippen LogP contribution in [0.15, 0.2) is 6.33 Å².